The van der Waals surface area contributed by atoms with Crippen LogP contribution in [0.25, 0.3) is 0 Å². The van der Waals surface area contributed by atoms with Gasteiger partial charge in [0, 0.05) is 6.20 Å². The van der Waals surface area contributed by atoms with Crippen LogP contribution >= 0.6 is 0 Å². The zero-order valence-electron chi connectivity index (χ0n) is 3.92. The topological polar surface area (TPSA) is 65.7 Å². The van der Waals surface area contributed by atoms with Crippen LogP contribution in [-0.2, 0) is 5.11 Å². The first-order valence-corrected chi connectivity index (χ1v) is 2.01. The number of carbonyl (C=O) groups excluding carboxylic acids is 1. The molecular weight excluding hydrogens is 108 g/mol. The molecule has 1 N–H and O–H groups in total. The SMILES string of the molecule is [O]C(=O)c1ccn[nH]1. The lowest BCUT2D eigenvalue weighted by molar-refractivity contribution is 0.0566. The van der Waals surface area contributed by atoms with E-state index in [2.05, 4.69) is 10.2 Å². The van der Waals surface area contributed by atoms with E-state index in [1.165, 1.54) is 12.3 Å². The molecule has 1 heterocycles. The maximum atomic E-state index is 9.88. The molecule has 0 unspecified atom stereocenters. The molecule has 4 nitrogen and oxygen atoms in total. The molecule has 0 atom stereocenters. The van der Waals surface area contributed by atoms with Gasteiger partial charge in [-0.2, -0.15) is 5.10 Å². The van der Waals surface area contributed by atoms with E-state index in [1.807, 2.05) is 0 Å². The molecule has 1 radical (unpaired) electrons. The van der Waals surface area contributed by atoms with Crippen molar-refractivity contribution in [1.82, 2.24) is 10.2 Å². The average molecular weight is 111 g/mol. The van der Waals surface area contributed by atoms with Crippen LogP contribution in [0.5, 0.6) is 0 Å². The summed E-state index contributed by atoms with van der Waals surface area (Å²) in [4.78, 5) is 9.88. The van der Waals surface area contributed by atoms with E-state index < -0.39 is 5.97 Å². The zero-order chi connectivity index (χ0) is 5.98. The highest BCUT2D eigenvalue weighted by molar-refractivity contribution is 5.84. The molecule has 1 aromatic heterocycles. The number of nitrogens with one attached hydrogen (secondary N) is 1. The normalized spacial score (nSPS) is 9.00. The summed E-state index contributed by atoms with van der Waals surface area (Å²) >= 11 is 0. The molecule has 1 rings (SSSR count). The van der Waals surface area contributed by atoms with Crippen molar-refractivity contribution in [3.05, 3.63) is 18.0 Å². The highest BCUT2D eigenvalue weighted by Crippen LogP contribution is 1.88. The monoisotopic (exact) mass is 111 g/mol. The molecule has 0 aliphatic rings. The van der Waals surface area contributed by atoms with Crippen LogP contribution in [0, 0.1) is 0 Å². The Morgan fingerprint density at radius 1 is 1.75 bits per heavy atom. The van der Waals surface area contributed by atoms with Gasteiger partial charge in [-0.25, -0.2) is 9.90 Å². The van der Waals surface area contributed by atoms with E-state index in [0.717, 1.165) is 0 Å². The van der Waals surface area contributed by atoms with Gasteiger partial charge >= 0.3 is 5.97 Å². The number of nitrogens with zero attached hydrogens (tertiary/aromatic N) is 1. The first-order chi connectivity index (χ1) is 3.80. The van der Waals surface area contributed by atoms with Gasteiger partial charge in [-0.05, 0) is 6.07 Å². The van der Waals surface area contributed by atoms with Crippen molar-refractivity contribution in [2.24, 2.45) is 0 Å². The molecular formula is C4H3N2O2. The second-order valence-electron chi connectivity index (χ2n) is 1.26. The van der Waals surface area contributed by atoms with Crippen molar-refractivity contribution >= 4 is 5.97 Å². The van der Waals surface area contributed by atoms with Crippen LogP contribution in [0.4, 0.5) is 0 Å². The Balaban J connectivity index is 2.93. The molecule has 1 aromatic rings. The summed E-state index contributed by atoms with van der Waals surface area (Å²) in [5, 5.41) is 15.5. The quantitative estimate of drug-likeness (QED) is 0.553. The van der Waals surface area contributed by atoms with Crippen LogP contribution in [-0.4, -0.2) is 16.2 Å². The van der Waals surface area contributed by atoms with Crippen LogP contribution in [0.15, 0.2) is 12.3 Å². The van der Waals surface area contributed by atoms with Gasteiger partial charge < -0.3 is 0 Å². The highest BCUT2D eigenvalue weighted by atomic mass is 16.4. The summed E-state index contributed by atoms with van der Waals surface area (Å²) in [6.45, 7) is 0. The fraction of sp³-hybridized carbons (Fsp3) is 0. The largest absolute Gasteiger partial charge is 0.403 e. The van der Waals surface area contributed by atoms with Crippen molar-refractivity contribution in [1.29, 1.82) is 0 Å². The van der Waals surface area contributed by atoms with Crippen molar-refractivity contribution in [3.63, 3.8) is 0 Å². The summed E-state index contributed by atoms with van der Waals surface area (Å²) in [7, 11) is 0. The third kappa shape index (κ3) is 0.676. The predicted octanol–water partition coefficient (Wildman–Crippen LogP) is -0.0196. The van der Waals surface area contributed by atoms with Gasteiger partial charge in [0.05, 0.1) is 0 Å². The number of carbonyl (C=O) groups is 1. The zero-order valence-corrected chi connectivity index (χ0v) is 3.92. The third-order valence-electron chi connectivity index (χ3n) is 0.721. The van der Waals surface area contributed by atoms with Gasteiger partial charge in [-0.1, -0.05) is 0 Å². The summed E-state index contributed by atoms with van der Waals surface area (Å²) < 4.78 is 0. The van der Waals surface area contributed by atoms with Crippen molar-refractivity contribution in [2.75, 3.05) is 0 Å². The smallest absolute Gasteiger partial charge is 0.271 e. The van der Waals surface area contributed by atoms with Crippen molar-refractivity contribution in [3.8, 4) is 0 Å². The Morgan fingerprint density at radius 2 is 2.50 bits per heavy atom. The van der Waals surface area contributed by atoms with Crippen molar-refractivity contribution < 1.29 is 9.90 Å². The molecule has 0 aliphatic heterocycles. The van der Waals surface area contributed by atoms with E-state index in [0.29, 0.717) is 0 Å². The minimum atomic E-state index is -1.23. The lowest BCUT2D eigenvalue weighted by Crippen LogP contribution is -1.92. The Morgan fingerprint density at radius 3 is 2.75 bits per heavy atom. The van der Waals surface area contributed by atoms with Crippen LogP contribution in [0.1, 0.15) is 10.5 Å². The summed E-state index contributed by atoms with van der Waals surface area (Å²) in [5.74, 6) is -1.23. The lowest BCUT2D eigenvalue weighted by Gasteiger charge is -1.74. The molecule has 0 amide bonds. The Bertz CT molecular complexity index is 180. The molecule has 0 saturated carbocycles. The maximum absolute atomic E-state index is 9.88. The highest BCUT2D eigenvalue weighted by Gasteiger charge is 2.02. The molecule has 0 spiro atoms. The average Bonchev–Trinajstić information content (AvgIpc) is 2.12. The fourth-order valence-electron chi connectivity index (χ4n) is 0.370. The van der Waals surface area contributed by atoms with Gasteiger partial charge in [-0.15, -0.1) is 0 Å². The summed E-state index contributed by atoms with van der Waals surface area (Å²) in [6.07, 6.45) is 1.35. The van der Waals surface area contributed by atoms with E-state index >= 15 is 0 Å². The number of hydrogen-bond acceptors (Lipinski definition) is 2. The molecule has 0 aromatic carbocycles. The number of aromatic amines is 1. The van der Waals surface area contributed by atoms with Crippen molar-refractivity contribution in [2.45, 2.75) is 0 Å². The Hall–Kier alpha value is -1.32. The third-order valence-corrected chi connectivity index (χ3v) is 0.721. The number of rotatable bonds is 1. The van der Waals surface area contributed by atoms with E-state index in [9.17, 15) is 9.90 Å². The first kappa shape index (κ1) is 4.83. The molecule has 0 bridgehead atoms. The minimum Gasteiger partial charge on any atom is -0.271 e. The van der Waals surface area contributed by atoms with E-state index in [-0.39, 0.29) is 5.69 Å². The number of H-pyrrole nitrogens is 1. The van der Waals surface area contributed by atoms with Gasteiger partial charge in [0.1, 0.15) is 5.69 Å². The first-order valence-electron chi connectivity index (χ1n) is 2.01. The molecule has 0 aliphatic carbocycles. The van der Waals surface area contributed by atoms with Crippen LogP contribution < -0.4 is 0 Å². The molecule has 8 heavy (non-hydrogen) atoms. The van der Waals surface area contributed by atoms with Crippen LogP contribution in [0.3, 0.4) is 0 Å². The minimum absolute atomic E-state index is 0.00463. The Labute approximate surface area is 45.1 Å². The van der Waals surface area contributed by atoms with Gasteiger partial charge in [0.25, 0.3) is 0 Å². The molecule has 4 heteroatoms. The molecule has 41 valence electrons. The molecule has 0 fully saturated rings. The summed E-state index contributed by atoms with van der Waals surface area (Å²) in [6, 6.07) is 1.33. The lowest BCUT2D eigenvalue weighted by atomic mass is 10.5. The number of aromatic nitrogens is 2. The molecule has 0 saturated heterocycles. The Kier molecular flexibility index (Phi) is 0.997. The fourth-order valence-corrected chi connectivity index (χ4v) is 0.370. The van der Waals surface area contributed by atoms with E-state index in [1.54, 1.807) is 0 Å². The number of hydrogen-bond donors (Lipinski definition) is 1. The van der Waals surface area contributed by atoms with E-state index in [4.69, 9.17) is 0 Å². The van der Waals surface area contributed by atoms with Gasteiger partial charge in [-0.3, -0.25) is 5.10 Å². The van der Waals surface area contributed by atoms with Crippen LogP contribution in [0.2, 0.25) is 0 Å². The summed E-state index contributed by atoms with van der Waals surface area (Å²) in [5.41, 5.74) is 0.00463. The second kappa shape index (κ2) is 1.65. The maximum Gasteiger partial charge on any atom is 0.403 e. The predicted molar refractivity (Wildman–Crippen MR) is 23.6 cm³/mol. The van der Waals surface area contributed by atoms with Gasteiger partial charge in [0.15, 0.2) is 0 Å². The standard InChI is InChI=1S/C4H3N2O2/c7-4(8)3-1-2-5-6-3/h1-2H,(H,5,6). The second-order valence-corrected chi connectivity index (χ2v) is 1.26. The van der Waals surface area contributed by atoms with Gasteiger partial charge in [0.2, 0.25) is 0 Å².